The van der Waals surface area contributed by atoms with Gasteiger partial charge in [-0.05, 0) is 48.7 Å². The van der Waals surface area contributed by atoms with Crippen LogP contribution in [-0.2, 0) is 4.74 Å². The predicted octanol–water partition coefficient (Wildman–Crippen LogP) is 2.37. The number of fused-ring (bicyclic) bond motifs is 2. The van der Waals surface area contributed by atoms with Crippen molar-refractivity contribution in [2.24, 2.45) is 5.10 Å². The van der Waals surface area contributed by atoms with E-state index in [1.807, 2.05) is 24.3 Å². The molecule has 0 bridgehead atoms. The first-order valence-corrected chi connectivity index (χ1v) is 10.5. The number of phenols is 2. The van der Waals surface area contributed by atoms with Crippen LogP contribution < -0.4 is 11.1 Å². The number of benzene rings is 2. The molecule has 2 aromatic heterocycles. The normalized spacial score (nSPS) is 16.2. The SMILES string of the molecule is Nc1c(C(=O)NC[C@H]2CCCO2)c2nc3ccccc3nc2n1N=Cc1ccc(O)c(O)c1. The Hall–Kier alpha value is -4.18. The smallest absolute Gasteiger partial charge is 0.257 e. The molecule has 5 rings (SSSR count). The van der Waals surface area contributed by atoms with Crippen LogP contribution >= 0.6 is 0 Å². The third-order valence-corrected chi connectivity index (χ3v) is 5.54. The number of ether oxygens (including phenoxy) is 1. The van der Waals surface area contributed by atoms with E-state index in [0.29, 0.717) is 40.9 Å². The van der Waals surface area contributed by atoms with Crippen LogP contribution in [0.15, 0.2) is 47.6 Å². The fourth-order valence-corrected chi connectivity index (χ4v) is 3.83. The lowest BCUT2D eigenvalue weighted by molar-refractivity contribution is 0.0859. The second kappa shape index (κ2) is 8.40. The molecule has 1 fully saturated rings. The molecule has 10 nitrogen and oxygen atoms in total. The average Bonchev–Trinajstić information content (AvgIpc) is 3.42. The summed E-state index contributed by atoms with van der Waals surface area (Å²) in [6.45, 7) is 1.07. The first kappa shape index (κ1) is 20.7. The van der Waals surface area contributed by atoms with Crippen LogP contribution in [0.4, 0.5) is 5.82 Å². The highest BCUT2D eigenvalue weighted by Crippen LogP contribution is 2.28. The Balaban J connectivity index is 1.59. The highest BCUT2D eigenvalue weighted by molar-refractivity contribution is 6.10. The fourth-order valence-electron chi connectivity index (χ4n) is 3.83. The van der Waals surface area contributed by atoms with Crippen LogP contribution in [-0.4, -0.2) is 56.2 Å². The van der Waals surface area contributed by atoms with Crippen molar-refractivity contribution in [1.29, 1.82) is 0 Å². The van der Waals surface area contributed by atoms with E-state index in [9.17, 15) is 15.0 Å². The summed E-state index contributed by atoms with van der Waals surface area (Å²) in [6, 6.07) is 11.6. The number of anilines is 1. The summed E-state index contributed by atoms with van der Waals surface area (Å²) in [5.41, 5.74) is 9.00. The molecule has 168 valence electrons. The summed E-state index contributed by atoms with van der Waals surface area (Å²) < 4.78 is 6.93. The van der Waals surface area contributed by atoms with Crippen molar-refractivity contribution in [3.05, 3.63) is 53.6 Å². The van der Waals surface area contributed by atoms with E-state index in [4.69, 9.17) is 10.5 Å². The fraction of sp³-hybridized carbons (Fsp3) is 0.217. The van der Waals surface area contributed by atoms with Crippen LogP contribution in [0, 0.1) is 0 Å². The number of nitrogen functional groups attached to an aromatic ring is 1. The zero-order chi connectivity index (χ0) is 22.9. The van der Waals surface area contributed by atoms with Gasteiger partial charge in [0.1, 0.15) is 16.9 Å². The molecule has 1 aliphatic heterocycles. The number of hydrogen-bond acceptors (Lipinski definition) is 8. The second-order valence-corrected chi connectivity index (χ2v) is 7.79. The van der Waals surface area contributed by atoms with Gasteiger partial charge >= 0.3 is 0 Å². The summed E-state index contributed by atoms with van der Waals surface area (Å²) in [5, 5.41) is 26.5. The minimum absolute atomic E-state index is 0.0179. The number of amides is 1. The van der Waals surface area contributed by atoms with Crippen LogP contribution in [0.1, 0.15) is 28.8 Å². The Kier molecular flexibility index (Phi) is 5.27. The average molecular weight is 446 g/mol. The number of rotatable bonds is 5. The first-order chi connectivity index (χ1) is 16.0. The number of nitrogens with one attached hydrogen (secondary N) is 1. The largest absolute Gasteiger partial charge is 0.504 e. The van der Waals surface area contributed by atoms with Crippen LogP contribution in [0.2, 0.25) is 0 Å². The van der Waals surface area contributed by atoms with Crippen LogP contribution in [0.5, 0.6) is 11.5 Å². The Morgan fingerprint density at radius 2 is 2.00 bits per heavy atom. The van der Waals surface area contributed by atoms with E-state index in [2.05, 4.69) is 20.4 Å². The van der Waals surface area contributed by atoms with Gasteiger partial charge in [0.25, 0.3) is 5.91 Å². The number of aromatic nitrogens is 3. The van der Waals surface area contributed by atoms with E-state index < -0.39 is 0 Å². The molecule has 3 heterocycles. The van der Waals surface area contributed by atoms with Crippen LogP contribution in [0.25, 0.3) is 22.2 Å². The second-order valence-electron chi connectivity index (χ2n) is 7.79. The molecule has 1 amide bonds. The van der Waals surface area contributed by atoms with Gasteiger partial charge in [0, 0.05) is 13.2 Å². The maximum absolute atomic E-state index is 13.1. The number of hydrogen-bond donors (Lipinski definition) is 4. The van der Waals surface area contributed by atoms with E-state index in [1.165, 1.54) is 23.0 Å². The first-order valence-electron chi connectivity index (χ1n) is 10.5. The lowest BCUT2D eigenvalue weighted by Crippen LogP contribution is -2.32. The number of phenolic OH excluding ortho intramolecular Hbond substituents is 2. The zero-order valence-electron chi connectivity index (χ0n) is 17.6. The maximum atomic E-state index is 13.1. The van der Waals surface area contributed by atoms with Crippen molar-refractivity contribution in [3.63, 3.8) is 0 Å². The summed E-state index contributed by atoms with van der Waals surface area (Å²) in [6.07, 6.45) is 3.29. The number of para-hydroxylation sites is 2. The van der Waals surface area contributed by atoms with Crippen molar-refractivity contribution in [1.82, 2.24) is 20.0 Å². The summed E-state index contributed by atoms with van der Waals surface area (Å²) >= 11 is 0. The van der Waals surface area contributed by atoms with Crippen molar-refractivity contribution in [3.8, 4) is 11.5 Å². The summed E-state index contributed by atoms with van der Waals surface area (Å²) in [4.78, 5) is 22.4. The number of nitrogens with two attached hydrogens (primary N) is 1. The lowest BCUT2D eigenvalue weighted by atomic mass is 10.2. The molecule has 1 aliphatic rings. The summed E-state index contributed by atoms with van der Waals surface area (Å²) in [5.74, 6) is -0.803. The number of nitrogens with zero attached hydrogens (tertiary/aromatic N) is 4. The number of carbonyl (C=O) groups excluding carboxylic acids is 1. The molecule has 1 atom stereocenters. The minimum Gasteiger partial charge on any atom is -0.504 e. The van der Waals surface area contributed by atoms with Gasteiger partial charge in [0.15, 0.2) is 17.1 Å². The van der Waals surface area contributed by atoms with Gasteiger partial charge in [-0.2, -0.15) is 9.78 Å². The number of aromatic hydroxyl groups is 2. The van der Waals surface area contributed by atoms with Gasteiger partial charge in [0.05, 0.1) is 23.4 Å². The standard InChI is InChI=1S/C23H22N6O4/c24-21-19(23(32)25-12-14-4-3-9-33-14)20-22(28-16-6-2-1-5-15(16)27-20)29(21)26-11-13-7-8-17(30)18(31)10-13/h1-2,5-8,10-11,14,30-31H,3-4,9,12,24H2,(H,25,32)/t14-/m1/s1. The molecule has 5 N–H and O–H groups in total. The third kappa shape index (κ3) is 3.92. The van der Waals surface area contributed by atoms with E-state index in [-0.39, 0.29) is 34.9 Å². The molecule has 0 radical (unpaired) electrons. The maximum Gasteiger partial charge on any atom is 0.257 e. The summed E-state index contributed by atoms with van der Waals surface area (Å²) in [7, 11) is 0. The van der Waals surface area contributed by atoms with E-state index >= 15 is 0 Å². The van der Waals surface area contributed by atoms with E-state index in [1.54, 1.807) is 6.07 Å². The van der Waals surface area contributed by atoms with Gasteiger partial charge in [0.2, 0.25) is 0 Å². The minimum atomic E-state index is -0.381. The van der Waals surface area contributed by atoms with Gasteiger partial charge in [-0.1, -0.05) is 12.1 Å². The van der Waals surface area contributed by atoms with Crippen LogP contribution in [0.3, 0.4) is 0 Å². The lowest BCUT2D eigenvalue weighted by Gasteiger charge is -2.10. The molecule has 4 aromatic rings. The third-order valence-electron chi connectivity index (χ3n) is 5.54. The molecule has 0 unspecified atom stereocenters. The molecule has 2 aromatic carbocycles. The predicted molar refractivity (Wildman–Crippen MR) is 124 cm³/mol. The van der Waals surface area contributed by atoms with Crippen molar-refractivity contribution in [2.45, 2.75) is 18.9 Å². The quantitative estimate of drug-likeness (QED) is 0.272. The van der Waals surface area contributed by atoms with Gasteiger partial charge in [-0.3, -0.25) is 4.79 Å². The molecule has 1 saturated heterocycles. The number of carbonyl (C=O) groups is 1. The topological polar surface area (TPSA) is 148 Å². The van der Waals surface area contributed by atoms with E-state index in [0.717, 1.165) is 12.8 Å². The molecule has 0 spiro atoms. The Bertz CT molecular complexity index is 1390. The Morgan fingerprint density at radius 3 is 2.73 bits per heavy atom. The van der Waals surface area contributed by atoms with Gasteiger partial charge in [-0.25, -0.2) is 9.97 Å². The Labute approximate surface area is 188 Å². The van der Waals surface area contributed by atoms with Crippen molar-refractivity contribution < 1.29 is 19.7 Å². The Morgan fingerprint density at radius 1 is 1.21 bits per heavy atom. The monoisotopic (exact) mass is 446 g/mol. The molecular weight excluding hydrogens is 424 g/mol. The highest BCUT2D eigenvalue weighted by atomic mass is 16.5. The van der Waals surface area contributed by atoms with Gasteiger partial charge < -0.3 is 26.0 Å². The molecule has 0 aliphatic carbocycles. The van der Waals surface area contributed by atoms with Crippen molar-refractivity contribution in [2.75, 3.05) is 18.9 Å². The zero-order valence-corrected chi connectivity index (χ0v) is 17.6. The highest BCUT2D eigenvalue weighted by Gasteiger charge is 2.25. The molecular formula is C23H22N6O4. The molecule has 0 saturated carbocycles. The van der Waals surface area contributed by atoms with Gasteiger partial charge in [-0.15, -0.1) is 0 Å². The molecule has 33 heavy (non-hydrogen) atoms. The molecule has 10 heteroatoms. The van der Waals surface area contributed by atoms with Crippen molar-refractivity contribution >= 4 is 40.1 Å².